The van der Waals surface area contributed by atoms with Crippen LogP contribution < -0.4 is 4.72 Å². The van der Waals surface area contributed by atoms with Gasteiger partial charge in [0, 0.05) is 24.7 Å². The van der Waals surface area contributed by atoms with Crippen molar-refractivity contribution in [3.8, 4) is 0 Å². The van der Waals surface area contributed by atoms with Crippen molar-refractivity contribution in [3.63, 3.8) is 0 Å². The number of nitrogens with zero attached hydrogens (tertiary/aromatic N) is 1. The number of sulfonamides is 1. The van der Waals surface area contributed by atoms with Crippen LogP contribution in [0.2, 0.25) is 10.0 Å². The van der Waals surface area contributed by atoms with Gasteiger partial charge in [-0.1, -0.05) is 60.3 Å². The van der Waals surface area contributed by atoms with Crippen LogP contribution in [0.1, 0.15) is 36.8 Å². The Morgan fingerprint density at radius 3 is 2.54 bits per heavy atom. The van der Waals surface area contributed by atoms with Crippen LogP contribution in [0.15, 0.2) is 47.4 Å². The van der Waals surface area contributed by atoms with Gasteiger partial charge in [0.1, 0.15) is 4.90 Å². The van der Waals surface area contributed by atoms with Crippen LogP contribution in [0.25, 0.3) is 0 Å². The molecule has 1 heterocycles. The van der Waals surface area contributed by atoms with E-state index in [1.54, 1.807) is 6.07 Å². The Morgan fingerprint density at radius 2 is 1.71 bits per heavy atom. The zero-order chi connectivity index (χ0) is 20.0. The lowest BCUT2D eigenvalue weighted by Gasteiger charge is -2.28. The average molecular weight is 441 g/mol. The third-order valence-corrected chi connectivity index (χ3v) is 7.26. The molecule has 0 fully saturated rings. The molecule has 0 bridgehead atoms. The maximum atomic E-state index is 12.3. The van der Waals surface area contributed by atoms with E-state index >= 15 is 0 Å². The number of rotatable bonds is 9. The highest BCUT2D eigenvalue weighted by Crippen LogP contribution is 2.24. The smallest absolute Gasteiger partial charge is 0.242 e. The molecule has 0 spiro atoms. The molecule has 2 aromatic carbocycles. The largest absolute Gasteiger partial charge is 0.299 e. The zero-order valence-electron chi connectivity index (χ0n) is 15.8. The molecule has 0 radical (unpaired) electrons. The second-order valence-corrected chi connectivity index (χ2v) is 9.76. The first-order valence-electron chi connectivity index (χ1n) is 9.69. The summed E-state index contributed by atoms with van der Waals surface area (Å²) in [5.41, 5.74) is 2.92. The summed E-state index contributed by atoms with van der Waals surface area (Å²) in [6.45, 7) is 3.66. The molecule has 1 aliphatic rings. The Hall–Kier alpha value is -1.11. The van der Waals surface area contributed by atoms with Crippen molar-refractivity contribution >= 4 is 33.2 Å². The molecule has 3 rings (SSSR count). The Bertz CT molecular complexity index is 903. The van der Waals surface area contributed by atoms with Gasteiger partial charge < -0.3 is 0 Å². The molecule has 4 nitrogen and oxygen atoms in total. The van der Waals surface area contributed by atoms with E-state index in [4.69, 9.17) is 23.2 Å². The van der Waals surface area contributed by atoms with E-state index in [0.717, 1.165) is 51.7 Å². The van der Waals surface area contributed by atoms with Crippen LogP contribution in [0.5, 0.6) is 0 Å². The van der Waals surface area contributed by atoms with Crippen LogP contribution in [0.3, 0.4) is 0 Å². The number of nitrogens with one attached hydrogen (secondary N) is 1. The molecule has 0 atom stereocenters. The number of hydrogen-bond donors (Lipinski definition) is 1. The minimum atomic E-state index is -3.63. The van der Waals surface area contributed by atoms with Crippen LogP contribution >= 0.6 is 23.2 Å². The second-order valence-electron chi connectivity index (χ2n) is 7.18. The van der Waals surface area contributed by atoms with Gasteiger partial charge in [0.2, 0.25) is 10.0 Å². The molecule has 0 aliphatic carbocycles. The van der Waals surface area contributed by atoms with E-state index in [1.165, 1.54) is 23.3 Å². The van der Waals surface area contributed by atoms with Crippen molar-refractivity contribution in [2.24, 2.45) is 0 Å². The van der Waals surface area contributed by atoms with Gasteiger partial charge in [-0.25, -0.2) is 13.1 Å². The third kappa shape index (κ3) is 5.94. The minimum Gasteiger partial charge on any atom is -0.299 e. The Labute approximate surface area is 177 Å². The van der Waals surface area contributed by atoms with E-state index in [-0.39, 0.29) is 9.92 Å². The first kappa shape index (κ1) is 21.6. The number of unbranched alkanes of at least 4 members (excludes halogenated alkanes) is 3. The fraction of sp³-hybridized carbons (Fsp3) is 0.429. The molecular weight excluding hydrogens is 415 g/mol. The lowest BCUT2D eigenvalue weighted by Crippen LogP contribution is -2.31. The Balaban J connectivity index is 1.33. The van der Waals surface area contributed by atoms with E-state index < -0.39 is 10.0 Å². The molecule has 1 N–H and O–H groups in total. The van der Waals surface area contributed by atoms with Gasteiger partial charge in [0.25, 0.3) is 0 Å². The highest BCUT2D eigenvalue weighted by atomic mass is 35.5. The van der Waals surface area contributed by atoms with Gasteiger partial charge in [-0.05, 0) is 55.1 Å². The van der Waals surface area contributed by atoms with E-state index in [0.29, 0.717) is 11.6 Å². The van der Waals surface area contributed by atoms with E-state index in [1.807, 2.05) is 0 Å². The molecule has 0 saturated heterocycles. The second kappa shape index (κ2) is 10.1. The Kier molecular flexibility index (Phi) is 7.77. The number of benzene rings is 2. The Morgan fingerprint density at radius 1 is 0.964 bits per heavy atom. The van der Waals surface area contributed by atoms with Crippen LogP contribution in [-0.2, 0) is 23.0 Å². The average Bonchev–Trinajstić information content (AvgIpc) is 2.69. The van der Waals surface area contributed by atoms with Gasteiger partial charge >= 0.3 is 0 Å². The fourth-order valence-electron chi connectivity index (χ4n) is 3.53. The topological polar surface area (TPSA) is 49.4 Å². The predicted molar refractivity (Wildman–Crippen MR) is 116 cm³/mol. The maximum Gasteiger partial charge on any atom is 0.242 e. The quantitative estimate of drug-likeness (QED) is 0.564. The highest BCUT2D eigenvalue weighted by molar-refractivity contribution is 7.89. The normalized spacial score (nSPS) is 14.8. The summed E-state index contributed by atoms with van der Waals surface area (Å²) in [5, 5.41) is 0.533. The van der Waals surface area contributed by atoms with Crippen molar-refractivity contribution in [1.29, 1.82) is 0 Å². The first-order valence-corrected chi connectivity index (χ1v) is 11.9. The lowest BCUT2D eigenvalue weighted by molar-refractivity contribution is 0.248. The molecule has 2 aromatic rings. The lowest BCUT2D eigenvalue weighted by atomic mass is 10.00. The molecule has 0 aromatic heterocycles. The van der Waals surface area contributed by atoms with Gasteiger partial charge in [0.15, 0.2) is 0 Å². The van der Waals surface area contributed by atoms with Crippen molar-refractivity contribution in [2.75, 3.05) is 19.6 Å². The predicted octanol–water partition coefficient (Wildman–Crippen LogP) is 4.89. The zero-order valence-corrected chi connectivity index (χ0v) is 18.2. The molecular formula is C21H26Cl2N2O2S. The van der Waals surface area contributed by atoms with Crippen molar-refractivity contribution in [2.45, 2.75) is 43.5 Å². The van der Waals surface area contributed by atoms with Gasteiger partial charge in [-0.15, -0.1) is 0 Å². The van der Waals surface area contributed by atoms with Crippen molar-refractivity contribution < 1.29 is 8.42 Å². The van der Waals surface area contributed by atoms with E-state index in [9.17, 15) is 8.42 Å². The number of fused-ring (bicyclic) bond motifs is 1. The van der Waals surface area contributed by atoms with Crippen LogP contribution in [0.4, 0.5) is 0 Å². The molecule has 152 valence electrons. The van der Waals surface area contributed by atoms with Crippen LogP contribution in [0, 0.1) is 0 Å². The molecule has 0 unspecified atom stereocenters. The molecule has 1 aliphatic heterocycles. The van der Waals surface area contributed by atoms with Gasteiger partial charge in [0.05, 0.1) is 5.02 Å². The molecule has 7 heteroatoms. The summed E-state index contributed by atoms with van der Waals surface area (Å²) < 4.78 is 27.3. The third-order valence-electron chi connectivity index (χ3n) is 5.09. The minimum absolute atomic E-state index is 0.0343. The standard InChI is InChI=1S/C21H26Cl2N2O2S/c22-19-9-10-20(23)21(15-19)28(26,27)24-12-5-1-2-6-13-25-14-11-17-7-3-4-8-18(17)16-25/h3-4,7-10,15,24H,1-2,5-6,11-14,16H2. The van der Waals surface area contributed by atoms with Gasteiger partial charge in [-0.3, -0.25) is 4.90 Å². The first-order chi connectivity index (χ1) is 13.5. The van der Waals surface area contributed by atoms with Crippen molar-refractivity contribution in [1.82, 2.24) is 9.62 Å². The summed E-state index contributed by atoms with van der Waals surface area (Å²) in [5.74, 6) is 0. The summed E-state index contributed by atoms with van der Waals surface area (Å²) in [6, 6.07) is 13.1. The molecule has 0 amide bonds. The SMILES string of the molecule is O=S(=O)(NCCCCCCN1CCc2ccccc2C1)c1cc(Cl)ccc1Cl. The molecule has 28 heavy (non-hydrogen) atoms. The summed E-state index contributed by atoms with van der Waals surface area (Å²) in [7, 11) is -3.63. The highest BCUT2D eigenvalue weighted by Gasteiger charge is 2.18. The summed E-state index contributed by atoms with van der Waals surface area (Å²) in [4.78, 5) is 2.54. The fourth-order valence-corrected chi connectivity index (χ4v) is 5.36. The number of halogens is 2. The van der Waals surface area contributed by atoms with Crippen LogP contribution in [-0.4, -0.2) is 33.0 Å². The van der Waals surface area contributed by atoms with Gasteiger partial charge in [-0.2, -0.15) is 0 Å². The van der Waals surface area contributed by atoms with Crippen molar-refractivity contribution in [3.05, 3.63) is 63.6 Å². The maximum absolute atomic E-state index is 12.3. The summed E-state index contributed by atoms with van der Waals surface area (Å²) >= 11 is 11.9. The number of hydrogen-bond acceptors (Lipinski definition) is 3. The monoisotopic (exact) mass is 440 g/mol. The summed E-state index contributed by atoms with van der Waals surface area (Å²) in [6.07, 6.45) is 5.16. The van der Waals surface area contributed by atoms with E-state index in [2.05, 4.69) is 33.9 Å². The molecule has 0 saturated carbocycles.